The minimum atomic E-state index is 0.617. The molecule has 1 heterocycles. The van der Waals surface area contributed by atoms with Gasteiger partial charge >= 0.3 is 0 Å². The van der Waals surface area contributed by atoms with E-state index in [1.165, 1.54) is 5.69 Å². The van der Waals surface area contributed by atoms with E-state index in [9.17, 15) is 0 Å². The van der Waals surface area contributed by atoms with Crippen LogP contribution in [-0.4, -0.2) is 9.78 Å². The van der Waals surface area contributed by atoms with Gasteiger partial charge in [0.15, 0.2) is 0 Å². The van der Waals surface area contributed by atoms with E-state index in [0.29, 0.717) is 12.5 Å². The molecule has 1 N–H and O–H groups in total. The number of aromatic amines is 1. The van der Waals surface area contributed by atoms with Crippen molar-refractivity contribution in [2.75, 3.05) is 0 Å². The summed E-state index contributed by atoms with van der Waals surface area (Å²) in [6.45, 7) is 5.08. The highest BCUT2D eigenvalue weighted by Crippen LogP contribution is 2.16. The van der Waals surface area contributed by atoms with Crippen molar-refractivity contribution in [3.05, 3.63) is 51.3 Å². The van der Waals surface area contributed by atoms with Crippen molar-refractivity contribution in [3.63, 3.8) is 0 Å². The van der Waals surface area contributed by atoms with Crippen LogP contribution in [-0.2, 0) is 13.0 Å². The van der Waals surface area contributed by atoms with Gasteiger partial charge in [-0.1, -0.05) is 55.9 Å². The number of H-pyrrole nitrogens is 1. The zero-order valence-electron chi connectivity index (χ0n) is 10.6. The molecule has 96 valence electrons. The van der Waals surface area contributed by atoms with Crippen molar-refractivity contribution in [1.29, 1.82) is 0 Å². The van der Waals surface area contributed by atoms with Crippen molar-refractivity contribution in [2.45, 2.75) is 26.8 Å². The predicted molar refractivity (Wildman–Crippen MR) is 78.7 cm³/mol. The van der Waals surface area contributed by atoms with Crippen molar-refractivity contribution in [2.24, 2.45) is 5.92 Å². The van der Waals surface area contributed by atoms with E-state index >= 15 is 0 Å². The van der Waals surface area contributed by atoms with E-state index in [-0.39, 0.29) is 0 Å². The van der Waals surface area contributed by atoms with E-state index < -0.39 is 0 Å². The van der Waals surface area contributed by atoms with Crippen molar-refractivity contribution in [3.8, 4) is 0 Å². The number of halogens is 1. The molecule has 1 aromatic carbocycles. The van der Waals surface area contributed by atoms with Crippen LogP contribution in [0.5, 0.6) is 0 Å². The van der Waals surface area contributed by atoms with Gasteiger partial charge in [-0.25, -0.2) is 0 Å². The van der Waals surface area contributed by atoms with Crippen LogP contribution in [0.25, 0.3) is 0 Å². The number of benzene rings is 1. The smallest absolute Gasteiger partial charge is 0.122 e. The van der Waals surface area contributed by atoms with Gasteiger partial charge in [0.05, 0.1) is 6.54 Å². The number of hydrogen-bond acceptors (Lipinski definition) is 1. The van der Waals surface area contributed by atoms with Gasteiger partial charge in [-0.2, -0.15) is 0 Å². The number of aromatic nitrogens is 2. The first-order valence-corrected chi connectivity index (χ1v) is 6.87. The van der Waals surface area contributed by atoms with Crippen LogP contribution in [0.3, 0.4) is 0 Å². The zero-order chi connectivity index (χ0) is 13.1. The molecule has 0 aliphatic rings. The molecule has 0 saturated carbocycles. The third-order valence-corrected chi connectivity index (χ3v) is 3.46. The van der Waals surface area contributed by atoms with Crippen molar-refractivity contribution < 1.29 is 0 Å². The van der Waals surface area contributed by atoms with E-state index in [1.807, 2.05) is 35.0 Å². The van der Waals surface area contributed by atoms with Crippen LogP contribution in [0.2, 0.25) is 5.02 Å². The Morgan fingerprint density at radius 3 is 2.72 bits per heavy atom. The number of nitrogens with one attached hydrogen (secondary N) is 1. The van der Waals surface area contributed by atoms with Gasteiger partial charge in [-0.05, 0) is 30.0 Å². The molecule has 0 unspecified atom stereocenters. The van der Waals surface area contributed by atoms with Gasteiger partial charge in [0.2, 0.25) is 0 Å². The highest BCUT2D eigenvalue weighted by atomic mass is 35.5. The van der Waals surface area contributed by atoms with Crippen LogP contribution in [0.15, 0.2) is 30.3 Å². The van der Waals surface area contributed by atoms with Crippen LogP contribution in [0.1, 0.15) is 25.1 Å². The largest absolute Gasteiger partial charge is 0.301 e. The summed E-state index contributed by atoms with van der Waals surface area (Å²) in [4.78, 5) is 0. The van der Waals surface area contributed by atoms with Crippen molar-refractivity contribution in [1.82, 2.24) is 9.78 Å². The molecule has 2 nitrogen and oxygen atoms in total. The van der Waals surface area contributed by atoms with Gasteiger partial charge in [0.25, 0.3) is 0 Å². The zero-order valence-corrected chi connectivity index (χ0v) is 12.2. The molecule has 0 radical (unpaired) electrons. The molecular weight excluding hydrogens is 264 g/mol. The molecule has 0 spiro atoms. The summed E-state index contributed by atoms with van der Waals surface area (Å²) >= 11 is 11.5. The van der Waals surface area contributed by atoms with Crippen LogP contribution < -0.4 is 0 Å². The summed E-state index contributed by atoms with van der Waals surface area (Å²) < 4.78 is 2.79. The van der Waals surface area contributed by atoms with Crippen molar-refractivity contribution >= 4 is 23.8 Å². The Labute approximate surface area is 118 Å². The molecule has 0 fully saturated rings. The number of nitrogens with zero attached hydrogens (tertiary/aromatic N) is 1. The fraction of sp³-hybridized carbons (Fsp3) is 0.357. The second-order valence-corrected chi connectivity index (χ2v) is 5.72. The summed E-state index contributed by atoms with van der Waals surface area (Å²) in [6, 6.07) is 9.88. The second-order valence-electron chi connectivity index (χ2n) is 4.90. The maximum absolute atomic E-state index is 6.16. The van der Waals surface area contributed by atoms with E-state index in [4.69, 9.17) is 23.8 Å². The molecule has 2 aromatic rings. The van der Waals surface area contributed by atoms with E-state index in [2.05, 4.69) is 18.9 Å². The highest BCUT2D eigenvalue weighted by Gasteiger charge is 2.05. The topological polar surface area (TPSA) is 20.7 Å². The van der Waals surface area contributed by atoms with Gasteiger partial charge < -0.3 is 5.10 Å². The summed E-state index contributed by atoms with van der Waals surface area (Å²) in [5.74, 6) is 0.617. The molecule has 0 bridgehead atoms. The Balaban J connectivity index is 2.22. The lowest BCUT2D eigenvalue weighted by atomic mass is 10.1. The van der Waals surface area contributed by atoms with Crippen LogP contribution in [0.4, 0.5) is 0 Å². The minimum absolute atomic E-state index is 0.617. The molecule has 4 heteroatoms. The first-order chi connectivity index (χ1) is 8.56. The SMILES string of the molecule is CC(C)Cc1cc(=S)n(Cc2ccccc2Cl)[nH]1. The van der Waals surface area contributed by atoms with Gasteiger partial charge in [-0.3, -0.25) is 4.68 Å². The third-order valence-electron chi connectivity index (χ3n) is 2.76. The molecule has 0 amide bonds. The molecule has 0 saturated heterocycles. The maximum Gasteiger partial charge on any atom is 0.122 e. The Hall–Kier alpha value is -1.06. The Morgan fingerprint density at radius 1 is 1.33 bits per heavy atom. The summed E-state index contributed by atoms with van der Waals surface area (Å²) in [7, 11) is 0. The van der Waals surface area contributed by atoms with Gasteiger partial charge in [0.1, 0.15) is 4.64 Å². The highest BCUT2D eigenvalue weighted by molar-refractivity contribution is 7.71. The maximum atomic E-state index is 6.16. The van der Waals surface area contributed by atoms with E-state index in [1.54, 1.807) is 0 Å². The Bertz CT molecular complexity index is 583. The number of hydrogen-bond donors (Lipinski definition) is 1. The lowest BCUT2D eigenvalue weighted by Crippen LogP contribution is -2.04. The first kappa shape index (κ1) is 13.4. The molecule has 0 atom stereocenters. The molecular formula is C14H17ClN2S. The summed E-state index contributed by atoms with van der Waals surface area (Å²) in [5.41, 5.74) is 2.26. The van der Waals surface area contributed by atoms with Crippen LogP contribution >= 0.6 is 23.8 Å². The Kier molecular flexibility index (Phi) is 4.25. The molecule has 0 aliphatic carbocycles. The summed E-state index contributed by atoms with van der Waals surface area (Å²) in [5, 5.41) is 4.12. The van der Waals surface area contributed by atoms with E-state index in [0.717, 1.165) is 21.6 Å². The third kappa shape index (κ3) is 3.24. The summed E-state index contributed by atoms with van der Waals surface area (Å²) in [6.07, 6.45) is 1.01. The van der Waals surface area contributed by atoms with Gasteiger partial charge in [-0.15, -0.1) is 0 Å². The average molecular weight is 281 g/mol. The lowest BCUT2D eigenvalue weighted by Gasteiger charge is -2.06. The first-order valence-electron chi connectivity index (χ1n) is 6.08. The second kappa shape index (κ2) is 5.72. The fourth-order valence-electron chi connectivity index (χ4n) is 1.95. The quantitative estimate of drug-likeness (QED) is 0.821. The van der Waals surface area contributed by atoms with Crippen LogP contribution in [0, 0.1) is 10.6 Å². The normalized spacial score (nSPS) is 11.1. The minimum Gasteiger partial charge on any atom is -0.301 e. The predicted octanol–water partition coefficient (Wildman–Crippen LogP) is 4.45. The molecule has 1 aromatic heterocycles. The molecule has 2 rings (SSSR count). The molecule has 0 aliphatic heterocycles. The Morgan fingerprint density at radius 2 is 2.06 bits per heavy atom. The average Bonchev–Trinajstić information content (AvgIpc) is 2.61. The molecule has 18 heavy (non-hydrogen) atoms. The number of rotatable bonds is 4. The monoisotopic (exact) mass is 280 g/mol. The standard InChI is InChI=1S/C14H17ClN2S/c1-10(2)7-12-8-14(18)17(16-12)9-11-5-3-4-6-13(11)15/h3-6,8,10,16H,7,9H2,1-2H3. The van der Waals surface area contributed by atoms with Gasteiger partial charge in [0, 0.05) is 10.7 Å². The lowest BCUT2D eigenvalue weighted by molar-refractivity contribution is 0.606. The fourth-order valence-corrected chi connectivity index (χ4v) is 2.39.